The van der Waals surface area contributed by atoms with Gasteiger partial charge in [0.05, 0.1) is 20.1 Å². The molecule has 0 aromatic rings. The largest absolute Gasteiger partial charge is 0.394 e. The molecule has 0 aliphatic heterocycles. The Labute approximate surface area is 264 Å². The van der Waals surface area contributed by atoms with Crippen molar-refractivity contribution in [3.63, 3.8) is 0 Å². The molecule has 0 aromatic heterocycles. The number of hydrogen-bond acceptors (Lipinski definition) is 3. The molecule has 0 aliphatic carbocycles. The van der Waals surface area contributed by atoms with E-state index in [1.54, 1.807) is 6.08 Å². The van der Waals surface area contributed by atoms with E-state index in [4.69, 9.17) is 1.37 Å². The van der Waals surface area contributed by atoms with Gasteiger partial charge in [-0.1, -0.05) is 193 Å². The third-order valence-corrected chi connectivity index (χ3v) is 8.67. The van der Waals surface area contributed by atoms with Gasteiger partial charge in [0.25, 0.3) is 0 Å². The highest BCUT2D eigenvalue weighted by Crippen LogP contribution is 2.15. The lowest BCUT2D eigenvalue weighted by Crippen LogP contribution is -2.45. The molecule has 0 bridgehead atoms. The van der Waals surface area contributed by atoms with Gasteiger partial charge >= 0.3 is 0 Å². The van der Waals surface area contributed by atoms with E-state index >= 15 is 0 Å². The van der Waals surface area contributed by atoms with Crippen LogP contribution in [0, 0.1) is 0 Å². The molecule has 0 radical (unpaired) electrons. The molecule has 1 unspecified atom stereocenters. The van der Waals surface area contributed by atoms with Gasteiger partial charge in [-0.2, -0.15) is 0 Å². The summed E-state index contributed by atoms with van der Waals surface area (Å²) in [6.45, 7) is 2.99. The summed E-state index contributed by atoms with van der Waals surface area (Å²) in [7, 11) is 0. The van der Waals surface area contributed by atoms with E-state index in [0.717, 1.165) is 32.1 Å². The lowest BCUT2D eigenvalue weighted by atomic mass is 10.0. The van der Waals surface area contributed by atoms with E-state index in [1.807, 2.05) is 6.08 Å². The number of carbonyl (C=O) groups is 1. The van der Waals surface area contributed by atoms with Gasteiger partial charge in [-0.3, -0.25) is 4.79 Å². The number of nitrogens with one attached hydrogen (secondary N) is 1. The van der Waals surface area contributed by atoms with Crippen molar-refractivity contribution >= 4 is 5.91 Å². The first-order valence-corrected chi connectivity index (χ1v) is 18.8. The second-order valence-electron chi connectivity index (χ2n) is 12.9. The molecule has 3 N–H and O–H groups in total. The zero-order chi connectivity index (χ0) is 31.6. The number of allylic oxidation sites excluding steroid dienone is 1. The number of unbranched alkanes of at least 4 members (excludes halogenated alkanes) is 27. The Balaban J connectivity index is 3.69. The van der Waals surface area contributed by atoms with E-state index in [1.165, 1.54) is 154 Å². The molecule has 0 fully saturated rings. The average Bonchev–Trinajstić information content (AvgIpc) is 2.99. The zero-order valence-electron chi connectivity index (χ0n) is 29.4. The first-order chi connectivity index (χ1) is 21.0. The molecule has 42 heavy (non-hydrogen) atoms. The van der Waals surface area contributed by atoms with Crippen LogP contribution in [-0.2, 0) is 4.79 Å². The Bertz CT molecular complexity index is 598. The van der Waals surface area contributed by atoms with E-state index in [9.17, 15) is 15.0 Å². The van der Waals surface area contributed by atoms with Gasteiger partial charge in [-0.15, -0.1) is 0 Å². The number of aliphatic hydroxyl groups excluding tert-OH is 2. The summed E-state index contributed by atoms with van der Waals surface area (Å²) >= 11 is 0. The van der Waals surface area contributed by atoms with E-state index in [-0.39, 0.29) is 5.91 Å². The van der Waals surface area contributed by atoms with Crippen molar-refractivity contribution in [1.82, 2.24) is 5.32 Å². The minimum atomic E-state index is -1.54. The van der Waals surface area contributed by atoms with E-state index in [2.05, 4.69) is 19.2 Å². The number of hydrogen-bond donors (Lipinski definition) is 3. The van der Waals surface area contributed by atoms with Crippen LogP contribution in [0.4, 0.5) is 0 Å². The summed E-state index contributed by atoms with van der Waals surface area (Å²) in [5.41, 5.74) is 0. The minimum absolute atomic E-state index is 0.185. The molecule has 0 rings (SSSR count). The molecular weight excluding hydrogens is 518 g/mol. The summed E-state index contributed by atoms with van der Waals surface area (Å²) in [6, 6.07) is -0.980. The minimum Gasteiger partial charge on any atom is -0.394 e. The van der Waals surface area contributed by atoms with E-state index < -0.39 is 18.7 Å². The first-order valence-electron chi connectivity index (χ1n) is 19.3. The summed E-state index contributed by atoms with van der Waals surface area (Å²) in [5.74, 6) is -0.185. The summed E-state index contributed by atoms with van der Waals surface area (Å²) in [4.78, 5) is 12.4. The lowest BCUT2D eigenvalue weighted by molar-refractivity contribution is -0.123. The molecule has 0 aliphatic rings. The van der Waals surface area contributed by atoms with Gasteiger partial charge in [0, 0.05) is 6.42 Å². The normalized spacial score (nSPS) is 14.2. The fourth-order valence-corrected chi connectivity index (χ4v) is 5.76. The van der Waals surface area contributed by atoms with Crippen LogP contribution in [0.5, 0.6) is 0 Å². The molecule has 0 saturated carbocycles. The zero-order valence-corrected chi connectivity index (χ0v) is 28.4. The predicted octanol–water partition coefficient (Wildman–Crippen LogP) is 11.1. The van der Waals surface area contributed by atoms with Gasteiger partial charge in [0.1, 0.15) is 0 Å². The SMILES string of the molecule is [2H]C(O)[C@H](NC(=O)CCCCCCCCCCCCCCCCCCC)[C@H](O)/C=C/CCCCCCCCCCCCC. The van der Waals surface area contributed by atoms with Crippen LogP contribution in [-0.4, -0.2) is 34.8 Å². The molecule has 0 heterocycles. The second kappa shape index (κ2) is 34.6. The van der Waals surface area contributed by atoms with Gasteiger partial charge < -0.3 is 15.5 Å². The number of amides is 1. The molecule has 0 aromatic carbocycles. The van der Waals surface area contributed by atoms with Crippen LogP contribution in [0.1, 0.15) is 208 Å². The number of carbonyl (C=O) groups excluding carboxylic acids is 1. The summed E-state index contributed by atoms with van der Waals surface area (Å²) in [5, 5.41) is 22.9. The Morgan fingerprint density at radius 2 is 0.929 bits per heavy atom. The second-order valence-corrected chi connectivity index (χ2v) is 12.9. The lowest BCUT2D eigenvalue weighted by Gasteiger charge is -2.20. The average molecular weight is 595 g/mol. The quantitative estimate of drug-likeness (QED) is 0.0512. The smallest absolute Gasteiger partial charge is 0.220 e. The Kier molecular flexibility index (Phi) is 32.3. The van der Waals surface area contributed by atoms with Crippen LogP contribution in [0.15, 0.2) is 12.2 Å². The Hall–Kier alpha value is -0.870. The summed E-state index contributed by atoms with van der Waals surface area (Å²) in [6.07, 6.45) is 40.3. The van der Waals surface area contributed by atoms with Gasteiger partial charge in [0.2, 0.25) is 5.91 Å². The fourth-order valence-electron chi connectivity index (χ4n) is 5.76. The van der Waals surface area contributed by atoms with Gasteiger partial charge in [0.15, 0.2) is 0 Å². The predicted molar refractivity (Wildman–Crippen MR) is 184 cm³/mol. The Morgan fingerprint density at radius 1 is 0.595 bits per heavy atom. The molecular formula is C38H75NO3. The number of rotatable bonds is 34. The van der Waals surface area contributed by atoms with Gasteiger partial charge in [-0.05, 0) is 19.3 Å². The molecule has 4 nitrogen and oxygen atoms in total. The maximum Gasteiger partial charge on any atom is 0.220 e. The van der Waals surface area contributed by atoms with Crippen LogP contribution in [0.3, 0.4) is 0 Å². The third-order valence-electron chi connectivity index (χ3n) is 8.67. The monoisotopic (exact) mass is 595 g/mol. The van der Waals surface area contributed by atoms with Crippen LogP contribution < -0.4 is 5.32 Å². The highest BCUT2D eigenvalue weighted by atomic mass is 16.3. The molecule has 1 amide bonds. The maximum atomic E-state index is 12.4. The highest BCUT2D eigenvalue weighted by molar-refractivity contribution is 5.76. The van der Waals surface area contributed by atoms with Crippen molar-refractivity contribution in [2.24, 2.45) is 0 Å². The molecule has 0 spiro atoms. The van der Waals surface area contributed by atoms with Crippen LogP contribution in [0.2, 0.25) is 0 Å². The van der Waals surface area contributed by atoms with E-state index in [0.29, 0.717) is 6.42 Å². The fraction of sp³-hybridized carbons (Fsp3) is 0.921. The van der Waals surface area contributed by atoms with Crippen molar-refractivity contribution in [2.45, 2.75) is 219 Å². The van der Waals surface area contributed by atoms with Crippen molar-refractivity contribution in [3.8, 4) is 0 Å². The third kappa shape index (κ3) is 30.6. The van der Waals surface area contributed by atoms with Crippen molar-refractivity contribution in [3.05, 3.63) is 12.2 Å². The molecule has 0 saturated heterocycles. The molecule has 3 atom stereocenters. The van der Waals surface area contributed by atoms with Crippen molar-refractivity contribution in [2.75, 3.05) is 6.58 Å². The van der Waals surface area contributed by atoms with Crippen LogP contribution in [0.25, 0.3) is 0 Å². The van der Waals surface area contributed by atoms with Crippen molar-refractivity contribution in [1.29, 1.82) is 0 Å². The van der Waals surface area contributed by atoms with Crippen molar-refractivity contribution < 1.29 is 16.4 Å². The highest BCUT2D eigenvalue weighted by Gasteiger charge is 2.17. The molecule has 4 heteroatoms. The Morgan fingerprint density at radius 3 is 1.29 bits per heavy atom. The van der Waals surface area contributed by atoms with Gasteiger partial charge in [-0.25, -0.2) is 0 Å². The molecule has 250 valence electrons. The van der Waals surface area contributed by atoms with Crippen LogP contribution >= 0.6 is 0 Å². The maximum absolute atomic E-state index is 12.4. The first kappa shape index (κ1) is 39.2. The topological polar surface area (TPSA) is 69.6 Å². The summed E-state index contributed by atoms with van der Waals surface area (Å²) < 4.78 is 7.69. The standard InChI is InChI=1S/C38H75NO3/c1-3-5-7-9-11-13-15-17-18-19-20-22-24-26-28-30-32-34-38(42)39-36(35-40)37(41)33-31-29-27-25-23-21-16-14-12-10-8-6-4-2/h31,33,36-37,40-41H,3-30,32,34-35H2,1-2H3,(H,39,42)/b33-31+/t36-,37+/m0/s1/i35D/t35?,36-,37+. The number of aliphatic hydroxyl groups is 2.